The molecule has 3 heterocycles. The zero-order valence-electron chi connectivity index (χ0n) is 20.5. The number of nitrogens with one attached hydrogen (secondary N) is 2. The van der Waals surface area contributed by atoms with Gasteiger partial charge in [-0.2, -0.15) is 0 Å². The summed E-state index contributed by atoms with van der Waals surface area (Å²) in [5.41, 5.74) is 5.15. The predicted octanol–water partition coefficient (Wildman–Crippen LogP) is 3.68. The number of aliphatic imine (C=N–C) groups is 2. The number of hydrogen-bond acceptors (Lipinski definition) is 7. The van der Waals surface area contributed by atoms with E-state index in [-0.39, 0.29) is 12.6 Å². The molecule has 1 aliphatic carbocycles. The molecule has 2 fully saturated rings. The van der Waals surface area contributed by atoms with Crippen molar-refractivity contribution >= 4 is 24.1 Å². The maximum absolute atomic E-state index is 9.94. The Labute approximate surface area is 212 Å². The third kappa shape index (κ3) is 5.61. The second-order valence-electron chi connectivity index (χ2n) is 9.27. The molecule has 1 aromatic carbocycles. The van der Waals surface area contributed by atoms with Crippen LogP contribution in [0.3, 0.4) is 0 Å². The minimum atomic E-state index is -0.229. The standard InChI is InChI=1S/C28H33N7O/c1-29-24-18-31-17-23(21-7-8-21)27(24)28(35-13-11-30-12-14-35)33-16-20-9-10-32-26(15-20)34-25(19-36)22-5-3-2-4-6-22/h2-6,9-10,15,17-18,21,25,30,36H,1,7-8,11-14,16,19H2,(H,32,34)/b33-28+. The van der Waals surface area contributed by atoms with Crippen molar-refractivity contribution < 1.29 is 5.11 Å². The second kappa shape index (κ2) is 11.4. The van der Waals surface area contributed by atoms with E-state index in [0.717, 1.165) is 54.4 Å². The van der Waals surface area contributed by atoms with Gasteiger partial charge in [-0.25, -0.2) is 4.98 Å². The summed E-state index contributed by atoms with van der Waals surface area (Å²) in [6.45, 7) is 7.92. The third-order valence-electron chi connectivity index (χ3n) is 6.73. The number of aliphatic hydroxyl groups is 1. The van der Waals surface area contributed by atoms with Gasteiger partial charge in [0, 0.05) is 44.1 Å². The molecular weight excluding hydrogens is 450 g/mol. The van der Waals surface area contributed by atoms with Gasteiger partial charge in [-0.15, -0.1) is 0 Å². The van der Waals surface area contributed by atoms with Gasteiger partial charge < -0.3 is 20.6 Å². The van der Waals surface area contributed by atoms with Crippen LogP contribution in [0, 0.1) is 0 Å². The Morgan fingerprint density at radius 3 is 2.69 bits per heavy atom. The van der Waals surface area contributed by atoms with Gasteiger partial charge in [0.25, 0.3) is 0 Å². The SMILES string of the molecule is C=Nc1cncc(C2CC2)c1/C(=N\Cc1ccnc(NC(CO)c2ccccc2)c1)N1CCNCC1. The number of hydrogen-bond donors (Lipinski definition) is 3. The first-order chi connectivity index (χ1) is 17.8. The van der Waals surface area contributed by atoms with Gasteiger partial charge in [0.1, 0.15) is 11.7 Å². The van der Waals surface area contributed by atoms with Crippen molar-refractivity contribution in [2.24, 2.45) is 9.98 Å². The fourth-order valence-corrected chi connectivity index (χ4v) is 4.66. The normalized spacial score (nSPS) is 17.0. The fraction of sp³-hybridized carbons (Fsp3) is 0.357. The number of aliphatic hydroxyl groups excluding tert-OH is 1. The molecular formula is C28H33N7O. The number of nitrogens with zero attached hydrogens (tertiary/aromatic N) is 5. The van der Waals surface area contributed by atoms with E-state index < -0.39 is 0 Å². The van der Waals surface area contributed by atoms with Crippen LogP contribution in [0.2, 0.25) is 0 Å². The molecule has 0 radical (unpaired) electrons. The summed E-state index contributed by atoms with van der Waals surface area (Å²) in [5.74, 6) is 2.20. The van der Waals surface area contributed by atoms with Crippen LogP contribution in [0.1, 0.15) is 47.1 Å². The molecule has 186 valence electrons. The van der Waals surface area contributed by atoms with E-state index in [1.165, 1.54) is 18.4 Å². The highest BCUT2D eigenvalue weighted by atomic mass is 16.3. The number of pyridine rings is 2. The van der Waals surface area contributed by atoms with E-state index in [1.807, 2.05) is 48.7 Å². The summed E-state index contributed by atoms with van der Waals surface area (Å²) >= 11 is 0. The van der Waals surface area contributed by atoms with Crippen LogP contribution in [0.4, 0.5) is 11.5 Å². The molecule has 2 aliphatic rings. The number of piperazine rings is 1. The number of rotatable bonds is 9. The minimum absolute atomic E-state index is 0.0233. The summed E-state index contributed by atoms with van der Waals surface area (Å²) in [7, 11) is 0. The van der Waals surface area contributed by atoms with E-state index in [2.05, 4.69) is 37.2 Å². The lowest BCUT2D eigenvalue weighted by atomic mass is 10.0. The predicted molar refractivity (Wildman–Crippen MR) is 144 cm³/mol. The van der Waals surface area contributed by atoms with Gasteiger partial charge in [0.05, 0.1) is 31.1 Å². The molecule has 5 rings (SSSR count). The highest BCUT2D eigenvalue weighted by Crippen LogP contribution is 2.43. The fourth-order valence-electron chi connectivity index (χ4n) is 4.66. The largest absolute Gasteiger partial charge is 0.394 e. The van der Waals surface area contributed by atoms with Gasteiger partial charge in [0.15, 0.2) is 0 Å². The average Bonchev–Trinajstić information content (AvgIpc) is 3.79. The first-order valence-electron chi connectivity index (χ1n) is 12.6. The highest BCUT2D eigenvalue weighted by Gasteiger charge is 2.31. The Bertz CT molecular complexity index is 1200. The Morgan fingerprint density at radius 2 is 1.97 bits per heavy atom. The van der Waals surface area contributed by atoms with Crippen molar-refractivity contribution in [3.63, 3.8) is 0 Å². The van der Waals surface area contributed by atoms with Crippen LogP contribution >= 0.6 is 0 Å². The molecule has 3 aromatic rings. The van der Waals surface area contributed by atoms with E-state index in [0.29, 0.717) is 18.3 Å². The van der Waals surface area contributed by atoms with Gasteiger partial charge in [-0.3, -0.25) is 15.0 Å². The first-order valence-corrected chi connectivity index (χ1v) is 12.6. The van der Waals surface area contributed by atoms with Gasteiger partial charge in [-0.1, -0.05) is 30.3 Å². The maximum atomic E-state index is 9.94. The number of amidine groups is 1. The molecule has 1 saturated heterocycles. The monoisotopic (exact) mass is 483 g/mol. The van der Waals surface area contributed by atoms with Crippen LogP contribution in [-0.4, -0.2) is 65.3 Å². The summed E-state index contributed by atoms with van der Waals surface area (Å²) in [6, 6.07) is 13.7. The molecule has 0 bridgehead atoms. The number of aromatic nitrogens is 2. The molecule has 8 nitrogen and oxygen atoms in total. The maximum Gasteiger partial charge on any atom is 0.133 e. The van der Waals surface area contributed by atoms with Crippen molar-refractivity contribution in [3.05, 3.63) is 83.3 Å². The molecule has 0 amide bonds. The molecule has 2 aromatic heterocycles. The zero-order chi connectivity index (χ0) is 24.7. The number of benzene rings is 1. The Morgan fingerprint density at radius 1 is 1.17 bits per heavy atom. The topological polar surface area (TPSA) is 98.0 Å². The second-order valence-corrected chi connectivity index (χ2v) is 9.27. The molecule has 0 spiro atoms. The van der Waals surface area contributed by atoms with Crippen LogP contribution < -0.4 is 10.6 Å². The quantitative estimate of drug-likeness (QED) is 0.317. The molecule has 1 atom stereocenters. The lowest BCUT2D eigenvalue weighted by Gasteiger charge is -2.32. The molecule has 8 heteroatoms. The van der Waals surface area contributed by atoms with Crippen molar-refractivity contribution in [2.45, 2.75) is 31.3 Å². The van der Waals surface area contributed by atoms with E-state index in [4.69, 9.17) is 4.99 Å². The molecule has 1 unspecified atom stereocenters. The Balaban J connectivity index is 1.43. The van der Waals surface area contributed by atoms with Crippen LogP contribution in [0.25, 0.3) is 0 Å². The Hall–Kier alpha value is -3.62. The number of anilines is 1. The molecule has 36 heavy (non-hydrogen) atoms. The highest BCUT2D eigenvalue weighted by molar-refractivity contribution is 6.04. The zero-order valence-corrected chi connectivity index (χ0v) is 20.5. The van der Waals surface area contributed by atoms with Crippen molar-refractivity contribution in [1.82, 2.24) is 20.2 Å². The van der Waals surface area contributed by atoms with E-state index in [9.17, 15) is 5.11 Å². The van der Waals surface area contributed by atoms with E-state index in [1.54, 1.807) is 12.4 Å². The van der Waals surface area contributed by atoms with Gasteiger partial charge >= 0.3 is 0 Å². The average molecular weight is 484 g/mol. The van der Waals surface area contributed by atoms with Gasteiger partial charge in [-0.05, 0) is 54.3 Å². The summed E-state index contributed by atoms with van der Waals surface area (Å²) in [6.07, 6.45) is 7.91. The van der Waals surface area contributed by atoms with E-state index >= 15 is 0 Å². The Kier molecular flexibility index (Phi) is 7.64. The van der Waals surface area contributed by atoms with Crippen LogP contribution in [0.5, 0.6) is 0 Å². The smallest absolute Gasteiger partial charge is 0.133 e. The first kappa shape index (κ1) is 24.1. The summed E-state index contributed by atoms with van der Waals surface area (Å²) < 4.78 is 0. The molecule has 3 N–H and O–H groups in total. The van der Waals surface area contributed by atoms with Crippen molar-refractivity contribution in [3.8, 4) is 0 Å². The molecule has 1 aliphatic heterocycles. The van der Waals surface area contributed by atoms with Gasteiger partial charge in [0.2, 0.25) is 0 Å². The van der Waals surface area contributed by atoms with Crippen molar-refractivity contribution in [1.29, 1.82) is 0 Å². The van der Waals surface area contributed by atoms with Crippen LogP contribution in [-0.2, 0) is 6.54 Å². The van der Waals surface area contributed by atoms with Crippen molar-refractivity contribution in [2.75, 3.05) is 38.1 Å². The minimum Gasteiger partial charge on any atom is -0.394 e. The lowest BCUT2D eigenvalue weighted by molar-refractivity contribution is 0.276. The lowest BCUT2D eigenvalue weighted by Crippen LogP contribution is -2.47. The summed E-state index contributed by atoms with van der Waals surface area (Å²) in [4.78, 5) is 20.7. The van der Waals surface area contributed by atoms with Crippen LogP contribution in [0.15, 0.2) is 71.0 Å². The third-order valence-corrected chi connectivity index (χ3v) is 6.73. The molecule has 1 saturated carbocycles. The summed E-state index contributed by atoms with van der Waals surface area (Å²) in [5, 5.41) is 16.7.